The number of nitrogens with zero attached hydrogens (tertiary/aromatic N) is 2. The first-order valence-corrected chi connectivity index (χ1v) is 7.33. The molecule has 2 heterocycles. The molecule has 124 valence electrons. The zero-order valence-electron chi connectivity index (χ0n) is 11.4. The molecule has 1 aromatic heterocycles. The van der Waals surface area contributed by atoms with Crippen LogP contribution in [0.5, 0.6) is 0 Å². The number of aliphatic hydroxyl groups is 1. The van der Waals surface area contributed by atoms with E-state index in [1.54, 1.807) is 0 Å². The number of aliphatic hydroxyl groups excluding tert-OH is 1. The smallest absolute Gasteiger partial charge is 0.351 e. The van der Waals surface area contributed by atoms with Crippen molar-refractivity contribution in [2.45, 2.75) is 24.3 Å². The minimum Gasteiger partial charge on any atom is -0.391 e. The highest BCUT2D eigenvalue weighted by atomic mass is 31.1. The molecule has 1 fully saturated rings. The minimum absolute atomic E-state index is 0.0666. The van der Waals surface area contributed by atoms with Gasteiger partial charge in [0.2, 0.25) is 5.79 Å². The Balaban J connectivity index is 2.42. The predicted molar refractivity (Wildman–Crippen MR) is 70.8 cm³/mol. The summed E-state index contributed by atoms with van der Waals surface area (Å²) in [6.45, 7) is -0.864. The van der Waals surface area contributed by atoms with Crippen molar-refractivity contribution < 1.29 is 33.0 Å². The maximum Gasteiger partial charge on any atom is 0.351 e. The van der Waals surface area contributed by atoms with E-state index in [0.29, 0.717) is 0 Å². The first-order chi connectivity index (χ1) is 10.3. The van der Waals surface area contributed by atoms with E-state index >= 15 is 0 Å². The van der Waals surface area contributed by atoms with E-state index < -0.39 is 44.8 Å². The van der Waals surface area contributed by atoms with Gasteiger partial charge in [0.1, 0.15) is 12.4 Å². The summed E-state index contributed by atoms with van der Waals surface area (Å²) in [7, 11) is -2.45. The van der Waals surface area contributed by atoms with Crippen LogP contribution < -0.4 is 11.4 Å². The lowest BCUT2D eigenvalue weighted by atomic mass is 10.1. The third-order valence-corrected chi connectivity index (χ3v) is 3.69. The van der Waals surface area contributed by atoms with Crippen molar-refractivity contribution in [3.05, 3.63) is 22.7 Å². The molecule has 1 aliphatic heterocycles. The number of hydrogen-bond acceptors (Lipinski definition) is 8. The summed E-state index contributed by atoms with van der Waals surface area (Å²) in [5, 5.41) is 9.40. The van der Waals surface area contributed by atoms with Gasteiger partial charge in [-0.25, -0.2) is 9.18 Å². The molecule has 2 rings (SSSR count). The molecule has 0 spiro atoms. The highest BCUT2D eigenvalue weighted by Gasteiger charge is 2.59. The Bertz CT molecular complexity index is 623. The SMILES string of the molecule is CO[C@]1(CO)O[C@@H](n2ccc(N)nc2=O)C(F)C1O[PH](=O)O. The Kier molecular flexibility index (Phi) is 4.95. The van der Waals surface area contributed by atoms with Crippen LogP contribution in [0.15, 0.2) is 17.1 Å². The van der Waals surface area contributed by atoms with Crippen LogP contribution in [-0.2, 0) is 18.6 Å². The van der Waals surface area contributed by atoms with Gasteiger partial charge in [0.05, 0.1) is 0 Å². The number of ether oxygens (including phenoxy) is 2. The zero-order valence-corrected chi connectivity index (χ0v) is 12.4. The van der Waals surface area contributed by atoms with Crippen molar-refractivity contribution in [1.29, 1.82) is 0 Å². The Hall–Kier alpha value is -1.36. The van der Waals surface area contributed by atoms with E-state index in [9.17, 15) is 18.9 Å². The number of rotatable bonds is 5. The van der Waals surface area contributed by atoms with Gasteiger partial charge in [-0.05, 0) is 6.07 Å². The Labute approximate surface area is 124 Å². The second kappa shape index (κ2) is 6.41. The van der Waals surface area contributed by atoms with Crippen molar-refractivity contribution in [2.24, 2.45) is 0 Å². The van der Waals surface area contributed by atoms with Crippen LogP contribution in [-0.4, -0.2) is 51.3 Å². The third kappa shape index (κ3) is 2.91. The first kappa shape index (κ1) is 17.0. The lowest BCUT2D eigenvalue weighted by Gasteiger charge is -2.29. The fraction of sp³-hybridized carbons (Fsp3) is 0.600. The summed E-state index contributed by atoms with van der Waals surface area (Å²) in [4.78, 5) is 24.1. The Morgan fingerprint density at radius 2 is 2.36 bits per heavy atom. The maximum atomic E-state index is 14.6. The topological polar surface area (TPSA) is 146 Å². The Morgan fingerprint density at radius 1 is 1.68 bits per heavy atom. The summed E-state index contributed by atoms with van der Waals surface area (Å²) in [6, 6.07) is 1.24. The molecular weight excluding hydrogens is 324 g/mol. The number of nitrogen functional groups attached to an aromatic ring is 1. The van der Waals surface area contributed by atoms with Crippen molar-refractivity contribution in [1.82, 2.24) is 9.55 Å². The first-order valence-electron chi connectivity index (χ1n) is 6.07. The quantitative estimate of drug-likeness (QED) is 0.562. The molecule has 3 unspecified atom stereocenters. The second-order valence-corrected chi connectivity index (χ2v) is 5.24. The Morgan fingerprint density at radius 3 is 2.86 bits per heavy atom. The van der Waals surface area contributed by atoms with Crippen molar-refractivity contribution in [3.8, 4) is 0 Å². The van der Waals surface area contributed by atoms with E-state index in [1.807, 2.05) is 0 Å². The van der Waals surface area contributed by atoms with Crippen LogP contribution in [0.4, 0.5) is 10.2 Å². The molecule has 1 aliphatic rings. The molecule has 1 aromatic rings. The van der Waals surface area contributed by atoms with Gasteiger partial charge < -0.3 is 25.2 Å². The van der Waals surface area contributed by atoms with Gasteiger partial charge >= 0.3 is 13.9 Å². The number of anilines is 1. The number of nitrogens with two attached hydrogens (primary N) is 1. The largest absolute Gasteiger partial charge is 0.391 e. The summed E-state index contributed by atoms with van der Waals surface area (Å²) < 4.78 is 41.0. The van der Waals surface area contributed by atoms with Gasteiger partial charge in [-0.1, -0.05) is 0 Å². The minimum atomic E-state index is -3.55. The lowest BCUT2D eigenvalue weighted by Crippen LogP contribution is -2.47. The number of alkyl halides is 1. The van der Waals surface area contributed by atoms with Crippen LogP contribution >= 0.6 is 8.25 Å². The van der Waals surface area contributed by atoms with Crippen LogP contribution in [0.25, 0.3) is 0 Å². The number of hydrogen-bond donors (Lipinski definition) is 3. The van der Waals surface area contributed by atoms with E-state index in [1.165, 1.54) is 6.07 Å². The molecule has 1 saturated heterocycles. The van der Waals surface area contributed by atoms with Crippen LogP contribution in [0.1, 0.15) is 6.23 Å². The van der Waals surface area contributed by atoms with Crippen molar-refractivity contribution in [2.75, 3.05) is 19.5 Å². The van der Waals surface area contributed by atoms with Gasteiger partial charge in [-0.3, -0.25) is 13.7 Å². The highest BCUT2D eigenvalue weighted by molar-refractivity contribution is 7.32. The molecule has 5 atom stereocenters. The molecule has 10 nitrogen and oxygen atoms in total. The fourth-order valence-corrected chi connectivity index (χ4v) is 2.70. The monoisotopic (exact) mass is 339 g/mol. The molecule has 12 heteroatoms. The maximum absolute atomic E-state index is 14.6. The van der Waals surface area contributed by atoms with Gasteiger partial charge in [-0.15, -0.1) is 0 Å². The zero-order chi connectivity index (χ0) is 16.5. The molecular formula is C10H15FN3O7P. The normalized spacial score (nSPS) is 33.0. The summed E-state index contributed by atoms with van der Waals surface area (Å²) >= 11 is 0. The van der Waals surface area contributed by atoms with Gasteiger partial charge in [-0.2, -0.15) is 4.98 Å². The number of aromatic nitrogens is 2. The average Bonchev–Trinajstić information content (AvgIpc) is 2.73. The molecule has 0 aromatic carbocycles. The molecule has 0 radical (unpaired) electrons. The van der Waals surface area contributed by atoms with Crippen molar-refractivity contribution in [3.63, 3.8) is 0 Å². The lowest BCUT2D eigenvalue weighted by molar-refractivity contribution is -0.266. The van der Waals surface area contributed by atoms with Crippen LogP contribution in [0.3, 0.4) is 0 Å². The van der Waals surface area contributed by atoms with Crippen LogP contribution in [0.2, 0.25) is 0 Å². The van der Waals surface area contributed by atoms with Gasteiger partial charge in [0.15, 0.2) is 18.5 Å². The van der Waals surface area contributed by atoms with Gasteiger partial charge in [0, 0.05) is 13.3 Å². The molecule has 0 saturated carbocycles. The number of halogens is 1. The molecule has 0 amide bonds. The second-order valence-electron chi connectivity index (χ2n) is 4.47. The molecule has 0 aliphatic carbocycles. The summed E-state index contributed by atoms with van der Waals surface area (Å²) in [6.07, 6.45) is -4.21. The van der Waals surface area contributed by atoms with E-state index in [2.05, 4.69) is 9.51 Å². The highest BCUT2D eigenvalue weighted by Crippen LogP contribution is 2.43. The predicted octanol–water partition coefficient (Wildman–Crippen LogP) is -1.21. The standard InChI is InChI=1S/C10H15FN3O7P/c1-19-10(4-15)7(21-22(17)18)6(11)8(20-10)14-3-2-5(12)13-9(14)16/h2-3,6-8,15,22H,4H2,1H3,(H,17,18)(H2,12,13,16)/t6?,7?,8-,10-/m1/s1. The van der Waals surface area contributed by atoms with E-state index in [4.69, 9.17) is 20.1 Å². The van der Waals surface area contributed by atoms with Crippen LogP contribution in [0, 0.1) is 0 Å². The summed E-state index contributed by atoms with van der Waals surface area (Å²) in [5.41, 5.74) is 4.45. The third-order valence-electron chi connectivity index (χ3n) is 3.23. The van der Waals surface area contributed by atoms with Crippen molar-refractivity contribution >= 4 is 14.1 Å². The number of methoxy groups -OCH3 is 1. The van der Waals surface area contributed by atoms with Gasteiger partial charge in [0.25, 0.3) is 0 Å². The molecule has 22 heavy (non-hydrogen) atoms. The van der Waals surface area contributed by atoms with E-state index in [-0.39, 0.29) is 5.82 Å². The summed E-state index contributed by atoms with van der Waals surface area (Å²) in [5.74, 6) is -2.10. The molecule has 4 N–H and O–H groups in total. The fourth-order valence-electron chi connectivity index (χ4n) is 2.18. The van der Waals surface area contributed by atoms with E-state index in [0.717, 1.165) is 17.9 Å². The average molecular weight is 339 g/mol. The molecule has 0 bridgehead atoms.